The lowest BCUT2D eigenvalue weighted by Gasteiger charge is -2.21. The fourth-order valence-electron chi connectivity index (χ4n) is 1.75. The van der Waals surface area contributed by atoms with E-state index in [1.165, 1.54) is 24.3 Å². The van der Waals surface area contributed by atoms with Crippen LogP contribution in [0.3, 0.4) is 0 Å². The van der Waals surface area contributed by atoms with Crippen LogP contribution < -0.4 is 5.32 Å². The zero-order valence-electron chi connectivity index (χ0n) is 9.48. The Morgan fingerprint density at radius 1 is 1.44 bits per heavy atom. The third-order valence-electron chi connectivity index (χ3n) is 2.76. The summed E-state index contributed by atoms with van der Waals surface area (Å²) in [4.78, 5) is 8.39. The first-order chi connectivity index (χ1) is 7.88. The molecule has 1 aliphatic rings. The molecule has 0 spiro atoms. The van der Waals surface area contributed by atoms with Gasteiger partial charge in [-0.1, -0.05) is 0 Å². The van der Waals surface area contributed by atoms with Crippen molar-refractivity contribution in [3.8, 4) is 0 Å². The van der Waals surface area contributed by atoms with Gasteiger partial charge in [0.25, 0.3) is 0 Å². The largest absolute Gasteiger partial charge is 0.370 e. The maximum absolute atomic E-state index is 4.23. The quantitative estimate of drug-likeness (QED) is 0.661. The summed E-state index contributed by atoms with van der Waals surface area (Å²) in [6, 6.07) is 2.02. The van der Waals surface area contributed by atoms with Gasteiger partial charge in [-0.3, -0.25) is 0 Å². The molecule has 16 heavy (non-hydrogen) atoms. The fourth-order valence-corrected chi connectivity index (χ4v) is 3.33. The van der Waals surface area contributed by atoms with Gasteiger partial charge in [0.2, 0.25) is 0 Å². The number of nitrogens with one attached hydrogen (secondary N) is 1. The summed E-state index contributed by atoms with van der Waals surface area (Å²) in [5.74, 6) is 4.39. The molecular formula is C11H17N3S2. The van der Waals surface area contributed by atoms with Gasteiger partial charge < -0.3 is 5.32 Å². The molecule has 5 heteroatoms. The van der Waals surface area contributed by atoms with E-state index in [2.05, 4.69) is 27.0 Å². The summed E-state index contributed by atoms with van der Waals surface area (Å²) in [5, 5.41) is 4.44. The molecule has 0 unspecified atom stereocenters. The molecule has 1 aliphatic heterocycles. The van der Waals surface area contributed by atoms with Crippen LogP contribution >= 0.6 is 23.5 Å². The zero-order chi connectivity index (χ0) is 11.2. The van der Waals surface area contributed by atoms with Crippen molar-refractivity contribution in [1.29, 1.82) is 0 Å². The van der Waals surface area contributed by atoms with E-state index in [-0.39, 0.29) is 0 Å². The molecular weight excluding hydrogens is 238 g/mol. The SMILES string of the molecule is CSc1cc(NCC2CCSCC2)ncn1. The molecule has 2 rings (SSSR count). The number of hydrogen-bond donors (Lipinski definition) is 1. The van der Waals surface area contributed by atoms with Gasteiger partial charge in [0.05, 0.1) is 0 Å². The minimum Gasteiger partial charge on any atom is -0.370 e. The highest BCUT2D eigenvalue weighted by molar-refractivity contribution is 7.99. The first kappa shape index (κ1) is 12.0. The van der Waals surface area contributed by atoms with Crippen molar-refractivity contribution < 1.29 is 0 Å². The molecule has 0 atom stereocenters. The highest BCUT2D eigenvalue weighted by Gasteiger charge is 2.13. The number of nitrogens with zero attached hydrogens (tertiary/aromatic N) is 2. The van der Waals surface area contributed by atoms with Gasteiger partial charge >= 0.3 is 0 Å². The third-order valence-corrected chi connectivity index (χ3v) is 4.45. The Balaban J connectivity index is 1.83. The molecule has 1 N–H and O–H groups in total. The predicted molar refractivity (Wildman–Crippen MR) is 72.4 cm³/mol. The Morgan fingerprint density at radius 2 is 2.25 bits per heavy atom. The number of rotatable bonds is 4. The Labute approximate surface area is 105 Å². The zero-order valence-corrected chi connectivity index (χ0v) is 11.1. The van der Waals surface area contributed by atoms with Crippen LogP contribution in [0.4, 0.5) is 5.82 Å². The van der Waals surface area contributed by atoms with E-state index in [0.717, 1.165) is 23.3 Å². The number of aromatic nitrogens is 2. The van der Waals surface area contributed by atoms with Gasteiger partial charge in [-0.25, -0.2) is 9.97 Å². The molecule has 0 bridgehead atoms. The van der Waals surface area contributed by atoms with Crippen molar-refractivity contribution in [2.24, 2.45) is 5.92 Å². The van der Waals surface area contributed by atoms with Crippen LogP contribution in [0.5, 0.6) is 0 Å². The minimum absolute atomic E-state index is 0.814. The molecule has 88 valence electrons. The van der Waals surface area contributed by atoms with Gasteiger partial charge in [-0.15, -0.1) is 11.8 Å². The number of thioether (sulfide) groups is 2. The van der Waals surface area contributed by atoms with Crippen LogP contribution in [0, 0.1) is 5.92 Å². The Morgan fingerprint density at radius 3 is 3.00 bits per heavy atom. The predicted octanol–water partition coefficient (Wildman–Crippen LogP) is 2.75. The van der Waals surface area contributed by atoms with Gasteiger partial charge in [0.1, 0.15) is 17.2 Å². The van der Waals surface area contributed by atoms with E-state index in [0.29, 0.717) is 0 Å². The van der Waals surface area contributed by atoms with Crippen LogP contribution in [-0.2, 0) is 0 Å². The summed E-state index contributed by atoms with van der Waals surface area (Å²) < 4.78 is 0. The lowest BCUT2D eigenvalue weighted by Crippen LogP contribution is -2.19. The second-order valence-electron chi connectivity index (χ2n) is 3.88. The Bertz CT molecular complexity index is 327. The van der Waals surface area contributed by atoms with E-state index in [4.69, 9.17) is 0 Å². The van der Waals surface area contributed by atoms with E-state index in [9.17, 15) is 0 Å². The number of anilines is 1. The molecule has 0 radical (unpaired) electrons. The molecule has 2 heterocycles. The Kier molecular flexibility index (Phi) is 4.78. The van der Waals surface area contributed by atoms with E-state index >= 15 is 0 Å². The molecule has 1 aromatic heterocycles. The lowest BCUT2D eigenvalue weighted by atomic mass is 10.0. The van der Waals surface area contributed by atoms with Gasteiger partial charge in [-0.2, -0.15) is 11.8 Å². The molecule has 1 fully saturated rings. The van der Waals surface area contributed by atoms with E-state index in [1.54, 1.807) is 18.1 Å². The molecule has 0 aliphatic carbocycles. The average molecular weight is 255 g/mol. The molecule has 3 nitrogen and oxygen atoms in total. The van der Waals surface area contributed by atoms with Crippen LogP contribution in [0.15, 0.2) is 17.4 Å². The highest BCUT2D eigenvalue weighted by Crippen LogP contribution is 2.23. The van der Waals surface area contributed by atoms with E-state index in [1.807, 2.05) is 12.3 Å². The van der Waals surface area contributed by atoms with Crippen molar-refractivity contribution in [2.45, 2.75) is 17.9 Å². The third kappa shape index (κ3) is 3.56. The van der Waals surface area contributed by atoms with Gasteiger partial charge in [0.15, 0.2) is 0 Å². The summed E-state index contributed by atoms with van der Waals surface area (Å²) in [6.07, 6.45) is 6.33. The van der Waals surface area contributed by atoms with Crippen LogP contribution in [0.25, 0.3) is 0 Å². The maximum Gasteiger partial charge on any atom is 0.130 e. The molecule has 0 amide bonds. The van der Waals surface area contributed by atoms with Crippen molar-refractivity contribution in [3.05, 3.63) is 12.4 Å². The summed E-state index contributed by atoms with van der Waals surface area (Å²) in [7, 11) is 0. The van der Waals surface area contributed by atoms with Crippen LogP contribution in [0.2, 0.25) is 0 Å². The monoisotopic (exact) mass is 255 g/mol. The standard InChI is InChI=1S/C11H17N3S2/c1-15-11-6-10(13-8-14-11)12-7-9-2-4-16-5-3-9/h6,8-9H,2-5,7H2,1H3,(H,12,13,14). The highest BCUT2D eigenvalue weighted by atomic mass is 32.2. The van der Waals surface area contributed by atoms with Gasteiger partial charge in [-0.05, 0) is 36.5 Å². The van der Waals surface area contributed by atoms with Crippen molar-refractivity contribution >= 4 is 29.3 Å². The van der Waals surface area contributed by atoms with E-state index < -0.39 is 0 Å². The molecule has 0 aromatic carbocycles. The molecule has 0 saturated carbocycles. The first-order valence-electron chi connectivity index (χ1n) is 5.56. The van der Waals surface area contributed by atoms with Crippen LogP contribution in [0.1, 0.15) is 12.8 Å². The summed E-state index contributed by atoms with van der Waals surface area (Å²) in [5.41, 5.74) is 0. The van der Waals surface area contributed by atoms with Crippen molar-refractivity contribution in [2.75, 3.05) is 29.6 Å². The first-order valence-corrected chi connectivity index (χ1v) is 7.94. The fraction of sp³-hybridized carbons (Fsp3) is 0.636. The minimum atomic E-state index is 0.814. The lowest BCUT2D eigenvalue weighted by molar-refractivity contribution is 0.515. The smallest absolute Gasteiger partial charge is 0.130 e. The second-order valence-corrected chi connectivity index (χ2v) is 5.93. The van der Waals surface area contributed by atoms with Crippen molar-refractivity contribution in [3.63, 3.8) is 0 Å². The normalized spacial score (nSPS) is 17.3. The summed E-state index contributed by atoms with van der Waals surface area (Å²) >= 11 is 3.72. The summed E-state index contributed by atoms with van der Waals surface area (Å²) in [6.45, 7) is 1.05. The van der Waals surface area contributed by atoms with Crippen molar-refractivity contribution in [1.82, 2.24) is 9.97 Å². The Hall–Kier alpha value is -0.420. The molecule has 1 aromatic rings. The maximum atomic E-state index is 4.23. The number of hydrogen-bond acceptors (Lipinski definition) is 5. The average Bonchev–Trinajstić information content (AvgIpc) is 2.38. The second kappa shape index (κ2) is 6.35. The molecule has 1 saturated heterocycles. The van der Waals surface area contributed by atoms with Crippen LogP contribution in [-0.4, -0.2) is 34.3 Å². The van der Waals surface area contributed by atoms with Gasteiger partial charge in [0, 0.05) is 12.6 Å². The topological polar surface area (TPSA) is 37.8 Å².